The van der Waals surface area contributed by atoms with Gasteiger partial charge in [0.2, 0.25) is 0 Å². The highest BCUT2D eigenvalue weighted by Gasteiger charge is 2.17. The molecule has 0 atom stereocenters. The number of nitrogens with zero attached hydrogens (tertiary/aromatic N) is 1. The van der Waals surface area contributed by atoms with Crippen molar-refractivity contribution in [3.05, 3.63) is 16.6 Å². The number of thiazole rings is 1. The van der Waals surface area contributed by atoms with E-state index in [0.29, 0.717) is 13.2 Å². The van der Waals surface area contributed by atoms with Crippen molar-refractivity contribution in [1.29, 1.82) is 0 Å². The zero-order valence-corrected chi connectivity index (χ0v) is 9.45. The summed E-state index contributed by atoms with van der Waals surface area (Å²) in [5.41, 5.74) is 1.83. The molecule has 0 fully saturated rings. The molecule has 0 aliphatic carbocycles. The van der Waals surface area contributed by atoms with Crippen LogP contribution in [0.25, 0.3) is 0 Å². The van der Waals surface area contributed by atoms with Crippen LogP contribution in [0.1, 0.15) is 24.3 Å². The molecule has 0 aromatic carbocycles. The lowest BCUT2D eigenvalue weighted by Crippen LogP contribution is -2.24. The predicted octanol–water partition coefficient (Wildman–Crippen LogP) is 1.66. The highest BCUT2D eigenvalue weighted by Crippen LogP contribution is 2.06. The standard InChI is InChI=1S/C9H13NO4S/c1-3-12-9(13-4-2)14-8(11)7-5-15-6-10-7/h5-6,9H,3-4H2,1-2H3. The van der Waals surface area contributed by atoms with E-state index in [1.807, 2.05) is 0 Å². The van der Waals surface area contributed by atoms with Crippen LogP contribution in [0.3, 0.4) is 0 Å². The zero-order chi connectivity index (χ0) is 11.1. The molecular weight excluding hydrogens is 218 g/mol. The van der Waals surface area contributed by atoms with E-state index in [1.54, 1.807) is 24.7 Å². The van der Waals surface area contributed by atoms with Crippen LogP contribution in [0.4, 0.5) is 0 Å². The van der Waals surface area contributed by atoms with Gasteiger partial charge in [-0.15, -0.1) is 11.3 Å². The fraction of sp³-hybridized carbons (Fsp3) is 0.556. The molecule has 0 aliphatic rings. The Labute approximate surface area is 92.0 Å². The highest BCUT2D eigenvalue weighted by molar-refractivity contribution is 7.07. The van der Waals surface area contributed by atoms with E-state index in [4.69, 9.17) is 14.2 Å². The molecule has 0 amide bonds. The van der Waals surface area contributed by atoms with E-state index < -0.39 is 12.4 Å². The van der Waals surface area contributed by atoms with Crippen LogP contribution in [-0.2, 0) is 14.2 Å². The van der Waals surface area contributed by atoms with Crippen molar-refractivity contribution in [2.45, 2.75) is 20.3 Å². The summed E-state index contributed by atoms with van der Waals surface area (Å²) in [6.07, 6.45) is 0. The third kappa shape index (κ3) is 3.94. The molecule has 0 aliphatic heterocycles. The Balaban J connectivity index is 2.47. The minimum absolute atomic E-state index is 0.268. The molecule has 0 bridgehead atoms. The average molecular weight is 231 g/mol. The first-order valence-electron chi connectivity index (χ1n) is 4.60. The predicted molar refractivity (Wildman–Crippen MR) is 54.6 cm³/mol. The van der Waals surface area contributed by atoms with E-state index in [1.165, 1.54) is 11.3 Å². The lowest BCUT2D eigenvalue weighted by atomic mass is 10.5. The number of carbonyl (C=O) groups excluding carboxylic acids is 1. The second-order valence-corrected chi connectivity index (χ2v) is 3.20. The van der Waals surface area contributed by atoms with E-state index in [9.17, 15) is 4.79 Å². The summed E-state index contributed by atoms with van der Waals surface area (Å²) in [6, 6.07) is 0. The minimum Gasteiger partial charge on any atom is -0.406 e. The van der Waals surface area contributed by atoms with Crippen molar-refractivity contribution in [1.82, 2.24) is 4.98 Å². The summed E-state index contributed by atoms with van der Waals surface area (Å²) >= 11 is 1.33. The van der Waals surface area contributed by atoms with Gasteiger partial charge in [-0.2, -0.15) is 0 Å². The first kappa shape index (κ1) is 12.1. The molecule has 1 aromatic heterocycles. The third-order valence-electron chi connectivity index (χ3n) is 1.45. The van der Waals surface area contributed by atoms with Crippen LogP contribution in [-0.4, -0.2) is 30.6 Å². The van der Waals surface area contributed by atoms with E-state index in [2.05, 4.69) is 4.98 Å². The molecule has 84 valence electrons. The van der Waals surface area contributed by atoms with Crippen LogP contribution >= 0.6 is 11.3 Å². The van der Waals surface area contributed by atoms with Gasteiger partial charge >= 0.3 is 12.4 Å². The van der Waals surface area contributed by atoms with Gasteiger partial charge in [-0.1, -0.05) is 0 Å². The molecular formula is C9H13NO4S. The van der Waals surface area contributed by atoms with E-state index in [-0.39, 0.29) is 5.69 Å². The Bertz CT molecular complexity index is 282. The van der Waals surface area contributed by atoms with Gasteiger partial charge in [-0.25, -0.2) is 9.78 Å². The van der Waals surface area contributed by atoms with Gasteiger partial charge in [0.05, 0.1) is 18.7 Å². The van der Waals surface area contributed by atoms with Crippen molar-refractivity contribution in [2.24, 2.45) is 0 Å². The molecule has 1 rings (SSSR count). The summed E-state index contributed by atoms with van der Waals surface area (Å²) in [5, 5.41) is 1.61. The number of rotatable bonds is 6. The summed E-state index contributed by atoms with van der Waals surface area (Å²) in [6.45, 7) is 3.46. The molecule has 0 N–H and O–H groups in total. The molecule has 1 aromatic rings. The highest BCUT2D eigenvalue weighted by atomic mass is 32.1. The summed E-state index contributed by atoms with van der Waals surface area (Å²) in [7, 11) is 0. The Hall–Kier alpha value is -0.980. The molecule has 0 saturated carbocycles. The van der Waals surface area contributed by atoms with Crippen molar-refractivity contribution >= 4 is 17.3 Å². The fourth-order valence-corrected chi connectivity index (χ4v) is 1.37. The van der Waals surface area contributed by atoms with Gasteiger partial charge in [0.1, 0.15) is 0 Å². The third-order valence-corrected chi connectivity index (χ3v) is 2.04. The Morgan fingerprint density at radius 2 is 2.13 bits per heavy atom. The van der Waals surface area contributed by atoms with Crippen molar-refractivity contribution in [3.63, 3.8) is 0 Å². The quantitative estimate of drug-likeness (QED) is 0.550. The topological polar surface area (TPSA) is 57.7 Å². The van der Waals surface area contributed by atoms with E-state index >= 15 is 0 Å². The smallest absolute Gasteiger partial charge is 0.361 e. The van der Waals surface area contributed by atoms with Gasteiger partial charge in [-0.3, -0.25) is 0 Å². The van der Waals surface area contributed by atoms with Crippen LogP contribution in [0.5, 0.6) is 0 Å². The fourth-order valence-electron chi connectivity index (χ4n) is 0.849. The lowest BCUT2D eigenvalue weighted by molar-refractivity contribution is -0.257. The van der Waals surface area contributed by atoms with Gasteiger partial charge in [0.15, 0.2) is 5.69 Å². The molecule has 0 unspecified atom stereocenters. The lowest BCUT2D eigenvalue weighted by Gasteiger charge is -2.15. The average Bonchev–Trinajstić information content (AvgIpc) is 2.71. The zero-order valence-electron chi connectivity index (χ0n) is 8.63. The second-order valence-electron chi connectivity index (χ2n) is 2.48. The van der Waals surface area contributed by atoms with Crippen molar-refractivity contribution < 1.29 is 19.0 Å². The normalized spacial score (nSPS) is 10.6. The van der Waals surface area contributed by atoms with E-state index in [0.717, 1.165) is 0 Å². The van der Waals surface area contributed by atoms with Crippen LogP contribution < -0.4 is 0 Å². The summed E-state index contributed by atoms with van der Waals surface area (Å²) < 4.78 is 15.1. The summed E-state index contributed by atoms with van der Waals surface area (Å²) in [5.74, 6) is -0.539. The Morgan fingerprint density at radius 3 is 2.60 bits per heavy atom. The first-order valence-corrected chi connectivity index (χ1v) is 5.54. The van der Waals surface area contributed by atoms with Gasteiger partial charge in [0.25, 0.3) is 0 Å². The summed E-state index contributed by atoms with van der Waals surface area (Å²) in [4.78, 5) is 15.3. The molecule has 5 nitrogen and oxygen atoms in total. The Kier molecular flexibility index (Phi) is 5.23. The molecule has 0 radical (unpaired) electrons. The number of ether oxygens (including phenoxy) is 3. The number of hydrogen-bond acceptors (Lipinski definition) is 6. The number of esters is 1. The maximum Gasteiger partial charge on any atom is 0.361 e. The van der Waals surface area contributed by atoms with Gasteiger partial charge in [0, 0.05) is 5.38 Å². The molecule has 0 spiro atoms. The maximum absolute atomic E-state index is 11.4. The molecule has 6 heteroatoms. The number of aromatic nitrogens is 1. The molecule has 1 heterocycles. The second kappa shape index (κ2) is 6.49. The van der Waals surface area contributed by atoms with Crippen LogP contribution in [0.15, 0.2) is 10.9 Å². The molecule has 15 heavy (non-hydrogen) atoms. The van der Waals surface area contributed by atoms with Crippen LogP contribution in [0.2, 0.25) is 0 Å². The number of carbonyl (C=O) groups is 1. The van der Waals surface area contributed by atoms with Gasteiger partial charge in [-0.05, 0) is 13.8 Å². The number of hydrogen-bond donors (Lipinski definition) is 0. The molecule has 0 saturated heterocycles. The largest absolute Gasteiger partial charge is 0.406 e. The minimum atomic E-state index is -0.950. The van der Waals surface area contributed by atoms with Gasteiger partial charge < -0.3 is 14.2 Å². The van der Waals surface area contributed by atoms with Crippen molar-refractivity contribution in [2.75, 3.05) is 13.2 Å². The SMILES string of the molecule is CCOC(OCC)OC(=O)c1cscn1. The van der Waals surface area contributed by atoms with Crippen LogP contribution in [0, 0.1) is 0 Å². The monoisotopic (exact) mass is 231 g/mol. The maximum atomic E-state index is 11.4. The van der Waals surface area contributed by atoms with Crippen molar-refractivity contribution in [3.8, 4) is 0 Å². The Morgan fingerprint density at radius 1 is 1.47 bits per heavy atom. The first-order chi connectivity index (χ1) is 7.27.